The zero-order valence-electron chi connectivity index (χ0n) is 7.16. The molecule has 4 heteroatoms. The number of hydrogen-bond acceptors (Lipinski definition) is 3. The summed E-state index contributed by atoms with van der Waals surface area (Å²) < 4.78 is 18.4. The Labute approximate surface area is 75.9 Å². The first kappa shape index (κ1) is 8.59. The van der Waals surface area contributed by atoms with Crippen molar-refractivity contribution in [1.82, 2.24) is 10.3 Å². The molecule has 2 heterocycles. The van der Waals surface area contributed by atoms with Crippen LogP contribution in [-0.2, 0) is 4.74 Å². The molecule has 0 aromatic carbocycles. The third-order valence-corrected chi connectivity index (χ3v) is 2.04. The van der Waals surface area contributed by atoms with Gasteiger partial charge in [-0.1, -0.05) is 0 Å². The molecule has 0 saturated carbocycles. The van der Waals surface area contributed by atoms with Gasteiger partial charge in [-0.2, -0.15) is 0 Å². The van der Waals surface area contributed by atoms with Crippen LogP contribution in [0.25, 0.3) is 0 Å². The van der Waals surface area contributed by atoms with Crippen LogP contribution >= 0.6 is 0 Å². The highest BCUT2D eigenvalue weighted by molar-refractivity contribution is 5.12. The zero-order valence-corrected chi connectivity index (χ0v) is 7.16. The Balaban J connectivity index is 2.18. The maximum absolute atomic E-state index is 13.2. The van der Waals surface area contributed by atoms with Crippen molar-refractivity contribution in [2.75, 3.05) is 19.8 Å². The van der Waals surface area contributed by atoms with Crippen LogP contribution < -0.4 is 5.32 Å². The van der Waals surface area contributed by atoms with E-state index in [1.807, 2.05) is 0 Å². The predicted molar refractivity (Wildman–Crippen MR) is 45.8 cm³/mol. The van der Waals surface area contributed by atoms with Gasteiger partial charge in [0.15, 0.2) is 0 Å². The van der Waals surface area contributed by atoms with E-state index < -0.39 is 0 Å². The van der Waals surface area contributed by atoms with Crippen molar-refractivity contribution in [3.8, 4) is 0 Å². The molecule has 1 aliphatic rings. The molecule has 0 aliphatic carbocycles. The summed E-state index contributed by atoms with van der Waals surface area (Å²) in [6.07, 6.45) is 1.59. The maximum Gasteiger partial charge on any atom is 0.146 e. The standard InChI is InChI=1S/C9H11FN2O/c10-7-2-1-3-12-9(7)8-6-13-5-4-11-8/h1-3,8,11H,4-6H2. The summed E-state index contributed by atoms with van der Waals surface area (Å²) in [5, 5.41) is 3.15. The molecule has 1 aromatic rings. The van der Waals surface area contributed by atoms with E-state index in [9.17, 15) is 4.39 Å². The lowest BCUT2D eigenvalue weighted by Gasteiger charge is -2.23. The summed E-state index contributed by atoms with van der Waals surface area (Å²) in [4.78, 5) is 3.98. The molecule has 70 valence electrons. The number of ether oxygens (including phenoxy) is 1. The molecule has 13 heavy (non-hydrogen) atoms. The Bertz CT molecular complexity index is 287. The zero-order chi connectivity index (χ0) is 9.10. The second kappa shape index (κ2) is 3.81. The van der Waals surface area contributed by atoms with E-state index in [0.717, 1.165) is 6.54 Å². The number of hydrogen-bond donors (Lipinski definition) is 1. The molecule has 0 bridgehead atoms. The first-order valence-corrected chi connectivity index (χ1v) is 4.29. The van der Waals surface area contributed by atoms with Gasteiger partial charge < -0.3 is 10.1 Å². The number of morpholine rings is 1. The summed E-state index contributed by atoms with van der Waals surface area (Å²) in [5.74, 6) is -0.273. The van der Waals surface area contributed by atoms with Gasteiger partial charge >= 0.3 is 0 Å². The lowest BCUT2D eigenvalue weighted by Crippen LogP contribution is -2.35. The van der Waals surface area contributed by atoms with Crippen molar-refractivity contribution in [2.24, 2.45) is 0 Å². The average Bonchev–Trinajstić information content (AvgIpc) is 2.20. The van der Waals surface area contributed by atoms with Crippen molar-refractivity contribution in [2.45, 2.75) is 6.04 Å². The molecule has 1 saturated heterocycles. The Hall–Kier alpha value is -1.00. The SMILES string of the molecule is Fc1cccnc1C1COCCN1. The van der Waals surface area contributed by atoms with Gasteiger partial charge in [-0.15, -0.1) is 0 Å². The summed E-state index contributed by atoms with van der Waals surface area (Å²) in [5.41, 5.74) is 0.446. The highest BCUT2D eigenvalue weighted by atomic mass is 19.1. The van der Waals surface area contributed by atoms with Gasteiger partial charge in [-0.3, -0.25) is 4.98 Å². The molecular formula is C9H11FN2O. The van der Waals surface area contributed by atoms with E-state index in [1.165, 1.54) is 6.07 Å². The van der Waals surface area contributed by atoms with Crippen LogP contribution in [-0.4, -0.2) is 24.7 Å². The molecule has 1 aromatic heterocycles. The summed E-state index contributed by atoms with van der Waals surface area (Å²) in [6.45, 7) is 1.93. The van der Waals surface area contributed by atoms with Crippen LogP contribution in [0.4, 0.5) is 4.39 Å². The molecule has 3 nitrogen and oxygen atoms in total. The van der Waals surface area contributed by atoms with Crippen LogP contribution in [0.1, 0.15) is 11.7 Å². The number of nitrogens with zero attached hydrogens (tertiary/aromatic N) is 1. The topological polar surface area (TPSA) is 34.1 Å². The predicted octanol–water partition coefficient (Wildman–Crippen LogP) is 0.882. The van der Waals surface area contributed by atoms with E-state index >= 15 is 0 Å². The van der Waals surface area contributed by atoms with Crippen molar-refractivity contribution in [1.29, 1.82) is 0 Å². The van der Waals surface area contributed by atoms with E-state index in [0.29, 0.717) is 18.9 Å². The summed E-state index contributed by atoms with van der Waals surface area (Å²) >= 11 is 0. The molecule has 0 spiro atoms. The normalized spacial score (nSPS) is 23.0. The smallest absolute Gasteiger partial charge is 0.146 e. The molecule has 1 atom stereocenters. The fourth-order valence-corrected chi connectivity index (χ4v) is 1.40. The second-order valence-corrected chi connectivity index (χ2v) is 2.95. The number of pyridine rings is 1. The van der Waals surface area contributed by atoms with Crippen LogP contribution in [0.2, 0.25) is 0 Å². The first-order chi connectivity index (χ1) is 6.38. The summed E-state index contributed by atoms with van der Waals surface area (Å²) in [6, 6.07) is 2.90. The monoisotopic (exact) mass is 182 g/mol. The van der Waals surface area contributed by atoms with Crippen molar-refractivity contribution in [3.63, 3.8) is 0 Å². The molecule has 0 radical (unpaired) electrons. The van der Waals surface area contributed by atoms with Gasteiger partial charge in [0.25, 0.3) is 0 Å². The van der Waals surface area contributed by atoms with Gasteiger partial charge in [0.05, 0.1) is 24.9 Å². The molecular weight excluding hydrogens is 171 g/mol. The Kier molecular flexibility index (Phi) is 2.52. The summed E-state index contributed by atoms with van der Waals surface area (Å²) in [7, 11) is 0. The van der Waals surface area contributed by atoms with E-state index in [2.05, 4.69) is 10.3 Å². The van der Waals surface area contributed by atoms with Gasteiger partial charge in [-0.05, 0) is 12.1 Å². The molecule has 1 aliphatic heterocycles. The lowest BCUT2D eigenvalue weighted by molar-refractivity contribution is 0.0743. The van der Waals surface area contributed by atoms with E-state index in [4.69, 9.17) is 4.74 Å². The molecule has 1 fully saturated rings. The number of aromatic nitrogens is 1. The Morgan fingerprint density at radius 1 is 1.62 bits per heavy atom. The number of nitrogens with one attached hydrogen (secondary N) is 1. The van der Waals surface area contributed by atoms with Gasteiger partial charge in [0, 0.05) is 12.7 Å². The third kappa shape index (κ3) is 1.84. The van der Waals surface area contributed by atoms with Gasteiger partial charge in [0.1, 0.15) is 5.82 Å². The van der Waals surface area contributed by atoms with Crippen LogP contribution in [0.15, 0.2) is 18.3 Å². The van der Waals surface area contributed by atoms with Crippen LogP contribution in [0, 0.1) is 5.82 Å². The van der Waals surface area contributed by atoms with Crippen molar-refractivity contribution >= 4 is 0 Å². The minimum atomic E-state index is -0.273. The number of rotatable bonds is 1. The quantitative estimate of drug-likeness (QED) is 0.700. The minimum absolute atomic E-state index is 0.102. The Morgan fingerprint density at radius 3 is 3.23 bits per heavy atom. The van der Waals surface area contributed by atoms with Gasteiger partial charge in [0.2, 0.25) is 0 Å². The lowest BCUT2D eigenvalue weighted by atomic mass is 10.2. The molecule has 2 rings (SSSR count). The highest BCUT2D eigenvalue weighted by Crippen LogP contribution is 2.15. The molecule has 1 unspecified atom stereocenters. The van der Waals surface area contributed by atoms with Crippen molar-refractivity contribution < 1.29 is 9.13 Å². The maximum atomic E-state index is 13.2. The first-order valence-electron chi connectivity index (χ1n) is 4.29. The fourth-order valence-electron chi connectivity index (χ4n) is 1.40. The van der Waals surface area contributed by atoms with Crippen molar-refractivity contribution in [3.05, 3.63) is 29.8 Å². The minimum Gasteiger partial charge on any atom is -0.378 e. The van der Waals surface area contributed by atoms with Crippen LogP contribution in [0.5, 0.6) is 0 Å². The largest absolute Gasteiger partial charge is 0.378 e. The fraction of sp³-hybridized carbons (Fsp3) is 0.444. The average molecular weight is 182 g/mol. The highest BCUT2D eigenvalue weighted by Gasteiger charge is 2.19. The van der Waals surface area contributed by atoms with Crippen LogP contribution in [0.3, 0.4) is 0 Å². The Morgan fingerprint density at radius 2 is 2.54 bits per heavy atom. The molecule has 0 amide bonds. The van der Waals surface area contributed by atoms with E-state index in [1.54, 1.807) is 12.3 Å². The van der Waals surface area contributed by atoms with Gasteiger partial charge in [-0.25, -0.2) is 4.39 Å². The number of halogens is 1. The van der Waals surface area contributed by atoms with E-state index in [-0.39, 0.29) is 11.9 Å². The third-order valence-electron chi connectivity index (χ3n) is 2.04. The second-order valence-electron chi connectivity index (χ2n) is 2.95. The molecule has 1 N–H and O–H groups in total.